The summed E-state index contributed by atoms with van der Waals surface area (Å²) >= 11 is 0. The van der Waals surface area contributed by atoms with Gasteiger partial charge in [-0.3, -0.25) is 4.79 Å². The molecule has 13 heavy (non-hydrogen) atoms. The summed E-state index contributed by atoms with van der Waals surface area (Å²) in [5, 5.41) is 9.47. The summed E-state index contributed by atoms with van der Waals surface area (Å²) in [4.78, 5) is 11.2. The minimum Gasteiger partial charge on any atom is -0.393 e. The van der Waals surface area contributed by atoms with Crippen LogP contribution in [0.25, 0.3) is 0 Å². The Morgan fingerprint density at radius 1 is 1.46 bits per heavy atom. The molecule has 0 heterocycles. The zero-order valence-electron chi connectivity index (χ0n) is 9.00. The highest BCUT2D eigenvalue weighted by Gasteiger charge is 2.10. The predicted molar refractivity (Wildman–Crippen MR) is 54.5 cm³/mol. The minimum absolute atomic E-state index is 0.0699. The normalized spacial score (nSPS) is 16.8. The number of ketones is 1. The van der Waals surface area contributed by atoms with Crippen molar-refractivity contribution in [3.63, 3.8) is 0 Å². The van der Waals surface area contributed by atoms with Crippen LogP contribution in [0.2, 0.25) is 0 Å². The Bertz CT molecular complexity index is 194. The molecule has 2 atom stereocenters. The lowest BCUT2D eigenvalue weighted by atomic mass is 9.98. The number of Topliss-reactive ketones (excluding diaryl/α,β-unsaturated/α-hetero) is 1. The number of rotatable bonds is 5. The van der Waals surface area contributed by atoms with Crippen molar-refractivity contribution >= 4 is 5.78 Å². The number of aliphatic hydroxyl groups excluding tert-OH is 1. The van der Waals surface area contributed by atoms with Crippen molar-refractivity contribution in [1.29, 1.82) is 0 Å². The van der Waals surface area contributed by atoms with Gasteiger partial charge < -0.3 is 5.11 Å². The van der Waals surface area contributed by atoms with E-state index in [0.717, 1.165) is 12.0 Å². The maximum absolute atomic E-state index is 11.2. The molecule has 0 aromatic rings. The molecular weight excluding hydrogens is 164 g/mol. The molecule has 0 amide bonds. The summed E-state index contributed by atoms with van der Waals surface area (Å²) in [7, 11) is 0. The van der Waals surface area contributed by atoms with Crippen molar-refractivity contribution in [3.05, 3.63) is 11.6 Å². The van der Waals surface area contributed by atoms with Crippen LogP contribution in [0.15, 0.2) is 11.6 Å². The van der Waals surface area contributed by atoms with E-state index in [-0.39, 0.29) is 17.8 Å². The van der Waals surface area contributed by atoms with Crippen molar-refractivity contribution in [2.45, 2.75) is 46.6 Å². The summed E-state index contributed by atoms with van der Waals surface area (Å²) in [6.07, 6.45) is 2.79. The van der Waals surface area contributed by atoms with Crippen LogP contribution in [-0.4, -0.2) is 17.0 Å². The topological polar surface area (TPSA) is 37.3 Å². The summed E-state index contributed by atoms with van der Waals surface area (Å²) in [6.45, 7) is 7.53. The molecule has 1 N–H and O–H groups in total. The second kappa shape index (κ2) is 5.92. The Hall–Kier alpha value is -0.630. The molecular formula is C11H20O2. The maximum atomic E-state index is 11.2. The first-order chi connectivity index (χ1) is 6.02. The molecule has 0 aromatic carbocycles. The van der Waals surface area contributed by atoms with Crippen LogP contribution in [-0.2, 0) is 4.79 Å². The van der Waals surface area contributed by atoms with Crippen molar-refractivity contribution in [2.24, 2.45) is 5.92 Å². The third-order valence-corrected chi connectivity index (χ3v) is 2.30. The lowest BCUT2D eigenvalue weighted by Crippen LogP contribution is -2.15. The Balaban J connectivity index is 4.29. The molecule has 0 aromatic heterocycles. The van der Waals surface area contributed by atoms with E-state index < -0.39 is 0 Å². The standard InChI is InChI=1S/C11H20O2/c1-5-10(12)8(3)7-9(4)11(13)6-2/h7-8,10,12H,5-6H2,1-4H3/b9-7+. The third kappa shape index (κ3) is 4.23. The van der Waals surface area contributed by atoms with Crippen molar-refractivity contribution in [1.82, 2.24) is 0 Å². The lowest BCUT2D eigenvalue weighted by Gasteiger charge is -2.13. The summed E-state index contributed by atoms with van der Waals surface area (Å²) < 4.78 is 0. The molecule has 0 bridgehead atoms. The second-order valence-electron chi connectivity index (χ2n) is 3.46. The van der Waals surface area contributed by atoms with Crippen LogP contribution >= 0.6 is 0 Å². The van der Waals surface area contributed by atoms with E-state index in [9.17, 15) is 9.90 Å². The van der Waals surface area contributed by atoms with E-state index in [2.05, 4.69) is 0 Å². The van der Waals surface area contributed by atoms with E-state index >= 15 is 0 Å². The van der Waals surface area contributed by atoms with Gasteiger partial charge in [0.25, 0.3) is 0 Å². The predicted octanol–water partition coefficient (Wildman–Crippen LogP) is 2.32. The summed E-state index contributed by atoms with van der Waals surface area (Å²) in [5.74, 6) is 0.232. The molecule has 0 fully saturated rings. The number of carbonyl (C=O) groups excluding carboxylic acids is 1. The Labute approximate surface area is 80.7 Å². The van der Waals surface area contributed by atoms with Crippen LogP contribution in [0, 0.1) is 5.92 Å². The van der Waals surface area contributed by atoms with E-state index in [1.165, 1.54) is 0 Å². The van der Waals surface area contributed by atoms with E-state index in [4.69, 9.17) is 0 Å². The quantitative estimate of drug-likeness (QED) is 0.666. The molecule has 0 aliphatic rings. The third-order valence-electron chi connectivity index (χ3n) is 2.30. The molecule has 0 saturated heterocycles. The fourth-order valence-corrected chi connectivity index (χ4v) is 1.25. The first kappa shape index (κ1) is 12.4. The van der Waals surface area contributed by atoms with Crippen LogP contribution in [0.1, 0.15) is 40.5 Å². The Kier molecular flexibility index (Phi) is 5.63. The van der Waals surface area contributed by atoms with E-state index in [0.29, 0.717) is 6.42 Å². The van der Waals surface area contributed by atoms with Gasteiger partial charge in [0.1, 0.15) is 0 Å². The molecule has 76 valence electrons. The molecule has 0 aliphatic carbocycles. The van der Waals surface area contributed by atoms with Gasteiger partial charge in [0, 0.05) is 12.3 Å². The SMILES string of the molecule is CCC(=O)/C(C)=C/C(C)C(O)CC. The average Bonchev–Trinajstić information content (AvgIpc) is 2.14. The van der Waals surface area contributed by atoms with Gasteiger partial charge >= 0.3 is 0 Å². The summed E-state index contributed by atoms with van der Waals surface area (Å²) in [5.41, 5.74) is 0.766. The monoisotopic (exact) mass is 184 g/mol. The van der Waals surface area contributed by atoms with E-state index in [1.807, 2.05) is 33.8 Å². The molecule has 0 rings (SSSR count). The molecule has 2 heteroatoms. The largest absolute Gasteiger partial charge is 0.393 e. The van der Waals surface area contributed by atoms with Gasteiger partial charge in [-0.1, -0.05) is 26.8 Å². The molecule has 0 aliphatic heterocycles. The lowest BCUT2D eigenvalue weighted by molar-refractivity contribution is -0.115. The average molecular weight is 184 g/mol. The molecule has 0 spiro atoms. The zero-order valence-corrected chi connectivity index (χ0v) is 9.00. The first-order valence-corrected chi connectivity index (χ1v) is 4.92. The first-order valence-electron chi connectivity index (χ1n) is 4.92. The van der Waals surface area contributed by atoms with Gasteiger partial charge in [-0.2, -0.15) is 0 Å². The molecule has 2 nitrogen and oxygen atoms in total. The van der Waals surface area contributed by atoms with Crippen LogP contribution in [0.4, 0.5) is 0 Å². The maximum Gasteiger partial charge on any atom is 0.157 e. The fourth-order valence-electron chi connectivity index (χ4n) is 1.25. The van der Waals surface area contributed by atoms with E-state index in [1.54, 1.807) is 0 Å². The minimum atomic E-state index is -0.334. The van der Waals surface area contributed by atoms with Gasteiger partial charge in [0.15, 0.2) is 5.78 Å². The van der Waals surface area contributed by atoms with Crippen LogP contribution in [0.5, 0.6) is 0 Å². The van der Waals surface area contributed by atoms with Gasteiger partial charge in [-0.05, 0) is 18.9 Å². The van der Waals surface area contributed by atoms with Gasteiger partial charge in [-0.15, -0.1) is 0 Å². The Morgan fingerprint density at radius 3 is 2.38 bits per heavy atom. The van der Waals surface area contributed by atoms with Gasteiger partial charge in [0.05, 0.1) is 6.10 Å². The van der Waals surface area contributed by atoms with Crippen LogP contribution < -0.4 is 0 Å². The molecule has 2 unspecified atom stereocenters. The van der Waals surface area contributed by atoms with Gasteiger partial charge in [-0.25, -0.2) is 0 Å². The Morgan fingerprint density at radius 2 is 2.00 bits per heavy atom. The number of hydrogen-bond donors (Lipinski definition) is 1. The smallest absolute Gasteiger partial charge is 0.157 e. The highest BCUT2D eigenvalue weighted by molar-refractivity contribution is 5.94. The number of carbonyl (C=O) groups is 1. The highest BCUT2D eigenvalue weighted by Crippen LogP contribution is 2.11. The fraction of sp³-hybridized carbons (Fsp3) is 0.727. The van der Waals surface area contributed by atoms with Crippen molar-refractivity contribution in [2.75, 3.05) is 0 Å². The number of hydrogen-bond acceptors (Lipinski definition) is 2. The molecule has 0 radical (unpaired) electrons. The summed E-state index contributed by atoms with van der Waals surface area (Å²) in [6, 6.07) is 0. The van der Waals surface area contributed by atoms with Crippen molar-refractivity contribution in [3.8, 4) is 0 Å². The highest BCUT2D eigenvalue weighted by atomic mass is 16.3. The van der Waals surface area contributed by atoms with Crippen LogP contribution in [0.3, 0.4) is 0 Å². The van der Waals surface area contributed by atoms with Crippen molar-refractivity contribution < 1.29 is 9.90 Å². The number of allylic oxidation sites excluding steroid dienone is 1. The van der Waals surface area contributed by atoms with Gasteiger partial charge in [0.2, 0.25) is 0 Å². The number of aliphatic hydroxyl groups is 1. The second-order valence-corrected chi connectivity index (χ2v) is 3.46. The zero-order chi connectivity index (χ0) is 10.4. The molecule has 0 saturated carbocycles.